The lowest BCUT2D eigenvalue weighted by Crippen LogP contribution is -2.15. The molecule has 1 atom stereocenters. The second kappa shape index (κ2) is 0.971. The number of fused-ring (bicyclic) bond motifs is 1. The number of nitrogens with zero attached hydrogens (tertiary/aromatic N) is 1. The summed E-state index contributed by atoms with van der Waals surface area (Å²) in [6, 6.07) is 0.625. The lowest BCUT2D eigenvalue weighted by atomic mass is 9.88. The second-order valence-electron chi connectivity index (χ2n) is 2.09. The fourth-order valence-corrected chi connectivity index (χ4v) is 1.05. The van der Waals surface area contributed by atoms with Gasteiger partial charge in [0.2, 0.25) is 0 Å². The molecule has 1 unspecified atom stereocenters. The summed E-state index contributed by atoms with van der Waals surface area (Å²) in [5, 5.41) is 0. The molecule has 0 amide bonds. The maximum absolute atomic E-state index is 4.19. The van der Waals surface area contributed by atoms with E-state index in [-0.39, 0.29) is 0 Å². The van der Waals surface area contributed by atoms with Crippen LogP contribution in [0.25, 0.3) is 0 Å². The molecule has 0 N–H and O–H groups in total. The fourth-order valence-electron chi connectivity index (χ4n) is 1.05. The molecule has 1 fully saturated rings. The number of hydrogen-bond acceptors (Lipinski definition) is 1. The van der Waals surface area contributed by atoms with E-state index in [0.717, 1.165) is 0 Å². The van der Waals surface area contributed by atoms with Crippen LogP contribution in [-0.4, -0.2) is 12.3 Å². The Balaban J connectivity index is 2.34. The van der Waals surface area contributed by atoms with Crippen molar-refractivity contribution < 1.29 is 0 Å². The van der Waals surface area contributed by atoms with Crippen molar-refractivity contribution in [3.8, 4) is 0 Å². The van der Waals surface area contributed by atoms with E-state index in [0.29, 0.717) is 6.04 Å². The van der Waals surface area contributed by atoms with Gasteiger partial charge in [-0.05, 0) is 24.5 Å². The van der Waals surface area contributed by atoms with E-state index < -0.39 is 0 Å². The van der Waals surface area contributed by atoms with Gasteiger partial charge in [0.25, 0.3) is 0 Å². The Bertz CT molecular complexity index is 144. The van der Waals surface area contributed by atoms with Crippen molar-refractivity contribution in [2.45, 2.75) is 18.9 Å². The first kappa shape index (κ1) is 3.42. The van der Waals surface area contributed by atoms with Gasteiger partial charge in [-0.2, -0.15) is 0 Å². The molecule has 1 nitrogen and oxygen atoms in total. The van der Waals surface area contributed by atoms with Gasteiger partial charge in [-0.3, -0.25) is 4.99 Å². The zero-order chi connectivity index (χ0) is 4.69. The monoisotopic (exact) mass is 93.1 g/mol. The molecule has 1 saturated carbocycles. The Kier molecular flexibility index (Phi) is 0.474. The summed E-state index contributed by atoms with van der Waals surface area (Å²) in [5.74, 6) is 0. The molecule has 1 aliphatic carbocycles. The fraction of sp³-hybridized carbons (Fsp3) is 0.500. The van der Waals surface area contributed by atoms with E-state index in [9.17, 15) is 0 Å². The summed E-state index contributed by atoms with van der Waals surface area (Å²) in [4.78, 5) is 4.19. The van der Waals surface area contributed by atoms with Crippen LogP contribution in [0, 0.1) is 0 Å². The highest BCUT2D eigenvalue weighted by Gasteiger charge is 2.24. The van der Waals surface area contributed by atoms with Crippen molar-refractivity contribution in [2.24, 2.45) is 4.99 Å². The van der Waals surface area contributed by atoms with E-state index in [1.807, 2.05) is 6.21 Å². The predicted molar refractivity (Wildman–Crippen MR) is 29.6 cm³/mol. The van der Waals surface area contributed by atoms with Gasteiger partial charge in [-0.1, -0.05) is 0 Å². The highest BCUT2D eigenvalue weighted by atomic mass is 14.8. The molecule has 0 bridgehead atoms. The van der Waals surface area contributed by atoms with E-state index in [2.05, 4.69) is 11.1 Å². The first-order valence-corrected chi connectivity index (χ1v) is 2.69. The quantitative estimate of drug-likeness (QED) is 0.426. The van der Waals surface area contributed by atoms with Crippen LogP contribution in [0.4, 0.5) is 0 Å². The molecule has 2 aliphatic rings. The minimum Gasteiger partial charge on any atom is -0.285 e. The SMILES string of the molecule is C1=NC2CCC2=C1. The third-order valence-electron chi connectivity index (χ3n) is 1.69. The summed E-state index contributed by atoms with van der Waals surface area (Å²) >= 11 is 0. The van der Waals surface area contributed by atoms with Crippen molar-refractivity contribution in [3.05, 3.63) is 11.6 Å². The van der Waals surface area contributed by atoms with Crippen LogP contribution >= 0.6 is 0 Å². The van der Waals surface area contributed by atoms with Crippen LogP contribution in [0.3, 0.4) is 0 Å². The standard InChI is InChI=1S/C6H7N/c1-2-6-5(1)3-4-7-6/h3-4,6H,1-2H2. The second-order valence-corrected chi connectivity index (χ2v) is 2.09. The minimum atomic E-state index is 0.625. The van der Waals surface area contributed by atoms with Gasteiger partial charge in [-0.25, -0.2) is 0 Å². The first-order valence-electron chi connectivity index (χ1n) is 2.69. The van der Waals surface area contributed by atoms with Crippen molar-refractivity contribution in [1.82, 2.24) is 0 Å². The molecular formula is C6H7N. The summed E-state index contributed by atoms with van der Waals surface area (Å²) in [6.45, 7) is 0. The van der Waals surface area contributed by atoms with Gasteiger partial charge >= 0.3 is 0 Å². The summed E-state index contributed by atoms with van der Waals surface area (Å²) in [6.07, 6.45) is 6.65. The van der Waals surface area contributed by atoms with Crippen LogP contribution in [0.5, 0.6) is 0 Å². The number of rotatable bonds is 0. The maximum atomic E-state index is 4.19. The zero-order valence-electron chi connectivity index (χ0n) is 4.09. The topological polar surface area (TPSA) is 12.4 Å². The summed E-state index contributed by atoms with van der Waals surface area (Å²) in [5.41, 5.74) is 1.54. The summed E-state index contributed by atoms with van der Waals surface area (Å²) in [7, 11) is 0. The smallest absolute Gasteiger partial charge is 0.0715 e. The molecule has 1 aliphatic heterocycles. The van der Waals surface area contributed by atoms with Crippen LogP contribution < -0.4 is 0 Å². The highest BCUT2D eigenvalue weighted by molar-refractivity contribution is 5.77. The van der Waals surface area contributed by atoms with E-state index >= 15 is 0 Å². The molecule has 0 aromatic rings. The molecule has 0 radical (unpaired) electrons. The molecular weight excluding hydrogens is 86.1 g/mol. The van der Waals surface area contributed by atoms with Gasteiger partial charge in [0.05, 0.1) is 6.04 Å². The van der Waals surface area contributed by atoms with Crippen LogP contribution in [0.1, 0.15) is 12.8 Å². The maximum Gasteiger partial charge on any atom is 0.0715 e. The number of aliphatic imine (C=N–C) groups is 1. The lowest BCUT2D eigenvalue weighted by Gasteiger charge is -2.21. The lowest BCUT2D eigenvalue weighted by molar-refractivity contribution is 0.572. The van der Waals surface area contributed by atoms with Gasteiger partial charge in [0.1, 0.15) is 0 Å². The predicted octanol–water partition coefficient (Wildman–Crippen LogP) is 1.16. The van der Waals surface area contributed by atoms with Crippen LogP contribution in [0.15, 0.2) is 16.6 Å². The Labute approximate surface area is 42.8 Å². The molecule has 0 spiro atoms. The third kappa shape index (κ3) is 0.303. The van der Waals surface area contributed by atoms with Crippen molar-refractivity contribution >= 4 is 6.21 Å². The molecule has 7 heavy (non-hydrogen) atoms. The van der Waals surface area contributed by atoms with Gasteiger partial charge < -0.3 is 0 Å². The first-order chi connectivity index (χ1) is 3.47. The van der Waals surface area contributed by atoms with E-state index in [1.54, 1.807) is 5.57 Å². The number of hydrogen-bond donors (Lipinski definition) is 0. The average Bonchev–Trinajstić information content (AvgIpc) is 1.85. The van der Waals surface area contributed by atoms with Gasteiger partial charge in [0.15, 0.2) is 0 Å². The molecule has 0 aromatic heterocycles. The van der Waals surface area contributed by atoms with Gasteiger partial charge in [0, 0.05) is 6.21 Å². The van der Waals surface area contributed by atoms with Crippen molar-refractivity contribution in [1.29, 1.82) is 0 Å². The average molecular weight is 93.1 g/mol. The van der Waals surface area contributed by atoms with Crippen LogP contribution in [-0.2, 0) is 0 Å². The Hall–Kier alpha value is -0.590. The molecule has 1 heterocycles. The number of allylic oxidation sites excluding steroid dienone is 1. The van der Waals surface area contributed by atoms with Crippen molar-refractivity contribution in [2.75, 3.05) is 0 Å². The van der Waals surface area contributed by atoms with Gasteiger partial charge in [-0.15, -0.1) is 0 Å². The molecule has 0 aromatic carbocycles. The highest BCUT2D eigenvalue weighted by Crippen LogP contribution is 2.31. The van der Waals surface area contributed by atoms with E-state index in [4.69, 9.17) is 0 Å². The molecule has 1 heteroatoms. The van der Waals surface area contributed by atoms with E-state index in [1.165, 1.54) is 12.8 Å². The van der Waals surface area contributed by atoms with Crippen LogP contribution in [0.2, 0.25) is 0 Å². The Morgan fingerprint density at radius 1 is 1.71 bits per heavy atom. The molecule has 2 rings (SSSR count). The largest absolute Gasteiger partial charge is 0.285 e. The Morgan fingerprint density at radius 2 is 2.71 bits per heavy atom. The third-order valence-corrected chi connectivity index (χ3v) is 1.69. The molecule has 0 saturated heterocycles. The minimum absolute atomic E-state index is 0.625. The summed E-state index contributed by atoms with van der Waals surface area (Å²) < 4.78 is 0. The van der Waals surface area contributed by atoms with Crippen molar-refractivity contribution in [3.63, 3.8) is 0 Å². The normalized spacial score (nSPS) is 34.3. The Morgan fingerprint density at radius 3 is 3.00 bits per heavy atom. The molecule has 36 valence electrons. The zero-order valence-corrected chi connectivity index (χ0v) is 4.09.